The maximum atomic E-state index is 12.4. The summed E-state index contributed by atoms with van der Waals surface area (Å²) in [5.41, 5.74) is 0. The molecule has 1 atom stereocenters. The summed E-state index contributed by atoms with van der Waals surface area (Å²) in [5, 5.41) is 11.1. The van der Waals surface area contributed by atoms with Crippen LogP contribution in [0.4, 0.5) is 18.3 Å². The molecule has 1 amide bonds. The van der Waals surface area contributed by atoms with E-state index in [1.807, 2.05) is 0 Å². The Bertz CT molecular complexity index is 533. The molecule has 110 valence electrons. The number of nitrogens with one attached hydrogen (secondary N) is 1. The molecule has 0 spiro atoms. The lowest BCUT2D eigenvalue weighted by molar-refractivity contribution is -0.144. The Labute approximate surface area is 114 Å². The lowest BCUT2D eigenvalue weighted by Gasteiger charge is -2.33. The number of carboxylic acids is 1. The van der Waals surface area contributed by atoms with Gasteiger partial charge in [0.2, 0.25) is 16.9 Å². The number of carboxylic acid groups (broad SMARTS) is 1. The SMILES string of the molecule is O=C(O)CC1C(=O)NCCN1c1nc(C(F)(F)F)ns1. The van der Waals surface area contributed by atoms with Gasteiger partial charge in [-0.05, 0) is 0 Å². The van der Waals surface area contributed by atoms with Crippen LogP contribution in [-0.4, -0.2) is 45.5 Å². The van der Waals surface area contributed by atoms with Gasteiger partial charge in [-0.3, -0.25) is 9.59 Å². The highest BCUT2D eigenvalue weighted by molar-refractivity contribution is 7.09. The molecule has 11 heteroatoms. The van der Waals surface area contributed by atoms with Gasteiger partial charge in [-0.2, -0.15) is 22.5 Å². The van der Waals surface area contributed by atoms with Crippen molar-refractivity contribution >= 4 is 28.5 Å². The maximum absolute atomic E-state index is 12.4. The average Bonchev–Trinajstić information content (AvgIpc) is 2.80. The third-order valence-corrected chi connectivity index (χ3v) is 3.37. The van der Waals surface area contributed by atoms with E-state index in [4.69, 9.17) is 5.11 Å². The number of nitrogens with zero attached hydrogens (tertiary/aromatic N) is 3. The molecule has 2 N–H and O–H groups in total. The third-order valence-electron chi connectivity index (χ3n) is 2.61. The molecular formula is C9H9F3N4O3S. The minimum atomic E-state index is -4.67. The van der Waals surface area contributed by atoms with Crippen LogP contribution >= 0.6 is 11.5 Å². The van der Waals surface area contributed by atoms with E-state index >= 15 is 0 Å². The Hall–Kier alpha value is -1.91. The fourth-order valence-electron chi connectivity index (χ4n) is 1.76. The number of rotatable bonds is 3. The van der Waals surface area contributed by atoms with Crippen LogP contribution in [0.3, 0.4) is 0 Å². The smallest absolute Gasteiger partial charge is 0.452 e. The van der Waals surface area contributed by atoms with Crippen LogP contribution in [0, 0.1) is 0 Å². The van der Waals surface area contributed by atoms with E-state index in [-0.39, 0.29) is 18.2 Å². The molecule has 1 unspecified atom stereocenters. The first-order valence-corrected chi connectivity index (χ1v) is 6.23. The van der Waals surface area contributed by atoms with Gasteiger partial charge in [-0.25, -0.2) is 0 Å². The maximum Gasteiger partial charge on any atom is 0.452 e. The summed E-state index contributed by atoms with van der Waals surface area (Å²) < 4.78 is 40.5. The van der Waals surface area contributed by atoms with E-state index in [1.54, 1.807) is 0 Å². The van der Waals surface area contributed by atoms with E-state index in [0.29, 0.717) is 11.5 Å². The lowest BCUT2D eigenvalue weighted by atomic mass is 10.1. The molecule has 0 radical (unpaired) electrons. The quantitative estimate of drug-likeness (QED) is 0.836. The Kier molecular flexibility index (Phi) is 3.79. The van der Waals surface area contributed by atoms with E-state index in [2.05, 4.69) is 14.7 Å². The van der Waals surface area contributed by atoms with Crippen LogP contribution in [0.25, 0.3) is 0 Å². The van der Waals surface area contributed by atoms with Gasteiger partial charge in [-0.15, -0.1) is 0 Å². The van der Waals surface area contributed by atoms with Crippen LogP contribution in [0.15, 0.2) is 0 Å². The normalized spacial score (nSPS) is 19.9. The van der Waals surface area contributed by atoms with E-state index in [9.17, 15) is 22.8 Å². The number of aliphatic carboxylic acids is 1. The summed E-state index contributed by atoms with van der Waals surface area (Å²) in [6.45, 7) is 0.381. The Morgan fingerprint density at radius 2 is 2.25 bits per heavy atom. The zero-order valence-electron chi connectivity index (χ0n) is 9.85. The van der Waals surface area contributed by atoms with E-state index in [1.165, 1.54) is 4.90 Å². The fourth-order valence-corrected chi connectivity index (χ4v) is 2.52. The van der Waals surface area contributed by atoms with Crippen LogP contribution < -0.4 is 10.2 Å². The summed E-state index contributed by atoms with van der Waals surface area (Å²) in [6, 6.07) is -1.09. The standard InChI is InChI=1S/C9H9F3N4O3S/c10-9(11,12)7-14-8(20-15-7)16-2-1-13-6(19)4(16)3-5(17)18/h4H,1-3H2,(H,13,19)(H,17,18). The summed E-state index contributed by atoms with van der Waals surface area (Å²) in [6.07, 6.45) is -5.19. The van der Waals surface area contributed by atoms with Crippen molar-refractivity contribution in [3.05, 3.63) is 5.82 Å². The molecule has 1 fully saturated rings. The van der Waals surface area contributed by atoms with Crippen molar-refractivity contribution in [3.8, 4) is 0 Å². The average molecular weight is 310 g/mol. The molecular weight excluding hydrogens is 301 g/mol. The monoisotopic (exact) mass is 310 g/mol. The first-order valence-electron chi connectivity index (χ1n) is 5.46. The summed E-state index contributed by atoms with van der Waals surface area (Å²) in [4.78, 5) is 26.9. The zero-order chi connectivity index (χ0) is 14.9. The number of aromatic nitrogens is 2. The van der Waals surface area contributed by atoms with E-state index < -0.39 is 36.3 Å². The van der Waals surface area contributed by atoms with Gasteiger partial charge < -0.3 is 15.3 Å². The Balaban J connectivity index is 2.26. The molecule has 1 saturated heterocycles. The molecule has 1 aromatic rings. The number of hydrogen-bond acceptors (Lipinski definition) is 6. The Morgan fingerprint density at radius 3 is 2.80 bits per heavy atom. The van der Waals surface area contributed by atoms with Crippen molar-refractivity contribution in [2.75, 3.05) is 18.0 Å². The van der Waals surface area contributed by atoms with Crippen molar-refractivity contribution in [1.29, 1.82) is 0 Å². The largest absolute Gasteiger partial charge is 0.481 e. The van der Waals surface area contributed by atoms with Gasteiger partial charge in [0.25, 0.3) is 0 Å². The number of alkyl halides is 3. The number of carbonyl (C=O) groups excluding carboxylic acids is 1. The van der Waals surface area contributed by atoms with Crippen LogP contribution in [0.2, 0.25) is 0 Å². The molecule has 1 aromatic heterocycles. The topological polar surface area (TPSA) is 95.4 Å². The van der Waals surface area contributed by atoms with Crippen molar-refractivity contribution in [1.82, 2.24) is 14.7 Å². The molecule has 7 nitrogen and oxygen atoms in total. The molecule has 2 heterocycles. The van der Waals surface area contributed by atoms with Crippen LogP contribution in [0.1, 0.15) is 12.2 Å². The lowest BCUT2D eigenvalue weighted by Crippen LogP contribution is -2.56. The molecule has 0 bridgehead atoms. The van der Waals surface area contributed by atoms with E-state index in [0.717, 1.165) is 0 Å². The molecule has 0 aliphatic carbocycles. The molecule has 1 aliphatic heterocycles. The van der Waals surface area contributed by atoms with Gasteiger partial charge in [0.1, 0.15) is 6.04 Å². The summed E-state index contributed by atoms with van der Waals surface area (Å²) in [5.74, 6) is -3.07. The number of hydrogen-bond donors (Lipinski definition) is 2. The van der Waals surface area contributed by atoms with Crippen molar-refractivity contribution in [2.24, 2.45) is 0 Å². The Morgan fingerprint density at radius 1 is 1.55 bits per heavy atom. The summed E-state index contributed by atoms with van der Waals surface area (Å²) in [7, 11) is 0. The highest BCUT2D eigenvalue weighted by atomic mass is 32.1. The van der Waals surface area contributed by atoms with Gasteiger partial charge in [0, 0.05) is 24.6 Å². The molecule has 0 saturated carbocycles. The minimum absolute atomic E-state index is 0.113. The van der Waals surface area contributed by atoms with Gasteiger partial charge in [0.15, 0.2) is 0 Å². The highest BCUT2D eigenvalue weighted by Crippen LogP contribution is 2.31. The molecule has 1 aliphatic rings. The highest BCUT2D eigenvalue weighted by Gasteiger charge is 2.39. The van der Waals surface area contributed by atoms with Crippen molar-refractivity contribution in [3.63, 3.8) is 0 Å². The number of anilines is 1. The zero-order valence-corrected chi connectivity index (χ0v) is 10.7. The first-order chi connectivity index (χ1) is 9.29. The van der Waals surface area contributed by atoms with Crippen molar-refractivity contribution in [2.45, 2.75) is 18.6 Å². The minimum Gasteiger partial charge on any atom is -0.481 e. The summed E-state index contributed by atoms with van der Waals surface area (Å²) >= 11 is 0.488. The predicted molar refractivity (Wildman–Crippen MR) is 61.3 cm³/mol. The number of amides is 1. The number of halogens is 3. The van der Waals surface area contributed by atoms with Gasteiger partial charge in [0.05, 0.1) is 6.42 Å². The van der Waals surface area contributed by atoms with Gasteiger partial charge in [-0.1, -0.05) is 0 Å². The second kappa shape index (κ2) is 5.23. The van der Waals surface area contributed by atoms with Crippen LogP contribution in [0.5, 0.6) is 0 Å². The molecule has 0 aromatic carbocycles. The van der Waals surface area contributed by atoms with Crippen LogP contribution in [-0.2, 0) is 15.8 Å². The second-order valence-electron chi connectivity index (χ2n) is 4.00. The molecule has 2 rings (SSSR count). The first kappa shape index (κ1) is 14.5. The number of piperazine rings is 1. The van der Waals surface area contributed by atoms with Crippen molar-refractivity contribution < 1.29 is 27.9 Å². The fraction of sp³-hybridized carbons (Fsp3) is 0.556. The molecule has 20 heavy (non-hydrogen) atoms. The third kappa shape index (κ3) is 2.98. The second-order valence-corrected chi connectivity index (χ2v) is 4.73. The predicted octanol–water partition coefficient (Wildman–Crippen LogP) is 0.336. The number of carbonyl (C=O) groups is 2. The van der Waals surface area contributed by atoms with Gasteiger partial charge >= 0.3 is 12.1 Å².